The van der Waals surface area contributed by atoms with Gasteiger partial charge in [-0.1, -0.05) is 619 Å². The average molecular weight is 1750 g/mol. The maximum absolute atomic E-state index is 10.7. The zero-order chi connectivity index (χ0) is 86.8. The lowest BCUT2D eigenvalue weighted by atomic mass is 10.0. The Labute approximate surface area is 750 Å². The number of hydrogen-bond acceptors (Lipinski definition) is 3. The zero-order valence-corrected chi connectivity index (χ0v) is 85.3. The van der Waals surface area contributed by atoms with Crippen LogP contribution in [0.2, 0.25) is 0 Å². The highest BCUT2D eigenvalue weighted by molar-refractivity contribution is 7.86. The van der Waals surface area contributed by atoms with E-state index in [9.17, 15) is 13.2 Å². The Morgan fingerprint density at radius 3 is 0.303 bits per heavy atom. The second-order valence-corrected chi connectivity index (χ2v) is 48.5. The van der Waals surface area contributed by atoms with Gasteiger partial charge in [0.05, 0.1) is 0 Å². The van der Waals surface area contributed by atoms with E-state index in [4.69, 9.17) is 17.1 Å². The highest BCUT2D eigenvalue weighted by atomic mass is 32.2. The fraction of sp³-hybridized carbons (Fsp3) is 1.00. The average Bonchev–Trinajstić information content (AvgIpc) is 0.810. The maximum Gasteiger partial charge on any atom is 0.485 e. The molecule has 0 N–H and O–H groups in total. The SMILES string of the molecule is CCCCCCCCCCCCCCCCCCP(CCCCCCCCCCCCCCCCCC)(CCCCCCCCCCCCCCCCCC)=[N+]=P(CCCCCCCCCCCCCCCCCC)(CCCCCCCCCCCCCCCCCC)CCCCCCCCCCCCCCCCCC.O=S(=O)([O-])C(F)(F)F. The van der Waals surface area contributed by atoms with Crippen LogP contribution in [0.25, 0.3) is 0 Å². The van der Waals surface area contributed by atoms with Gasteiger partial charge in [-0.05, 0) is 38.5 Å². The molecule has 0 saturated carbocycles. The van der Waals surface area contributed by atoms with Crippen molar-refractivity contribution in [3.63, 3.8) is 0 Å². The van der Waals surface area contributed by atoms with Crippen LogP contribution >= 0.6 is 14.1 Å². The summed E-state index contributed by atoms with van der Waals surface area (Å²) in [5.41, 5.74) is -5.65. The van der Waals surface area contributed by atoms with Crippen LogP contribution in [-0.4, -0.2) is 55.5 Å². The third-order valence-corrected chi connectivity index (χ3v) is 37.7. The number of unbranched alkanes of at least 4 members (excludes halogenated alkanes) is 90. The first-order valence-corrected chi connectivity index (χ1v) is 61.8. The number of hydrogen-bond donors (Lipinski definition) is 0. The first-order chi connectivity index (χ1) is 58.3. The lowest BCUT2D eigenvalue weighted by molar-refractivity contribution is -0.0518. The molecule has 0 bridgehead atoms. The molecule has 0 aliphatic rings. The predicted molar refractivity (Wildman–Crippen MR) is 538 cm³/mol. The van der Waals surface area contributed by atoms with Gasteiger partial charge in [0, 0.05) is 37.0 Å². The minimum absolute atomic E-state index is 1.37. The van der Waals surface area contributed by atoms with E-state index >= 15 is 0 Å². The van der Waals surface area contributed by atoms with Crippen molar-refractivity contribution in [2.45, 2.75) is 663 Å². The molecule has 0 aromatic rings. The molecule has 0 fully saturated rings. The molecule has 10 heteroatoms. The van der Waals surface area contributed by atoms with Gasteiger partial charge in [0.1, 0.15) is 0 Å². The lowest BCUT2D eigenvalue weighted by Crippen LogP contribution is -2.21. The fourth-order valence-electron chi connectivity index (χ4n) is 19.1. The molecule has 0 spiro atoms. The van der Waals surface area contributed by atoms with Crippen LogP contribution in [0.1, 0.15) is 658 Å². The van der Waals surface area contributed by atoms with Crippen LogP contribution in [0.15, 0.2) is 0 Å². The van der Waals surface area contributed by atoms with Crippen molar-refractivity contribution in [3.05, 3.63) is 0 Å². The van der Waals surface area contributed by atoms with Gasteiger partial charge >= 0.3 is 5.51 Å². The molecule has 0 aromatic carbocycles. The van der Waals surface area contributed by atoms with E-state index in [0.29, 0.717) is 0 Å². The van der Waals surface area contributed by atoms with Crippen molar-refractivity contribution in [2.24, 2.45) is 0 Å². The summed E-state index contributed by atoms with van der Waals surface area (Å²) in [7, 11) is -9.05. The van der Waals surface area contributed by atoms with Gasteiger partial charge in [-0.15, -0.1) is 0 Å². The topological polar surface area (TPSA) is 71.3 Å². The van der Waals surface area contributed by atoms with E-state index in [1.54, 1.807) is 37.0 Å². The first kappa shape index (κ1) is 121. The summed E-state index contributed by atoms with van der Waals surface area (Å²) in [6, 6.07) is 0. The summed E-state index contributed by atoms with van der Waals surface area (Å²) >= 11 is 0. The van der Waals surface area contributed by atoms with Gasteiger partial charge in [0.2, 0.25) is 14.1 Å². The van der Waals surface area contributed by atoms with Crippen LogP contribution in [0.4, 0.5) is 13.2 Å². The Kier molecular flexibility index (Phi) is 102. The number of halogens is 3. The minimum Gasteiger partial charge on any atom is -0.741 e. The van der Waals surface area contributed by atoms with Gasteiger partial charge < -0.3 is 4.55 Å². The summed E-state index contributed by atoms with van der Waals surface area (Å²) < 4.78 is 66.1. The van der Waals surface area contributed by atoms with Crippen molar-refractivity contribution >= 4 is 24.2 Å². The second kappa shape index (κ2) is 100. The fourth-order valence-corrected chi connectivity index (χ4v) is 30.6. The molecule has 0 atom stereocenters. The highest BCUT2D eigenvalue weighted by Gasteiger charge is 2.37. The molecule has 4 nitrogen and oxygen atoms in total. The Morgan fingerprint density at radius 1 is 0.168 bits per heavy atom. The van der Waals surface area contributed by atoms with E-state index < -0.39 is 29.7 Å². The maximum atomic E-state index is 10.7. The summed E-state index contributed by atoms with van der Waals surface area (Å²) in [5, 5.41) is 0. The van der Waals surface area contributed by atoms with Crippen molar-refractivity contribution in [2.75, 3.05) is 37.0 Å². The van der Waals surface area contributed by atoms with Crippen LogP contribution in [-0.2, 0) is 10.1 Å². The monoisotopic (exact) mass is 1740 g/mol. The standard InChI is InChI=1S/C108H222NP2.CHF3O3S/c1-7-13-19-25-31-37-43-49-55-61-67-73-79-85-91-97-103-110(104-98-92-86-80-74-68-62-56-50-44-38-32-26-20-14-8-2,105-99-93-87-81-75-69-63-57-51-45-39-33-27-21-15-9-3)109-111(106-100-94-88-82-76-70-64-58-52-46-40-34-28-22-16-10-4,107-101-95-89-83-77-71-65-59-53-47-41-35-29-23-17-11-5)108-102-96-90-84-78-72-66-60-54-48-42-36-30-24-18-12-6;2-1(3,4)8(5,6)7/h7-108H2,1-6H3;(H,5,6,7)/q+1;/p-1. The third kappa shape index (κ3) is 95.7. The van der Waals surface area contributed by atoms with Crippen LogP contribution in [0, 0.1) is 0 Å². The van der Waals surface area contributed by atoms with Gasteiger partial charge in [-0.3, -0.25) is 0 Å². The Bertz CT molecular complexity index is 1820. The van der Waals surface area contributed by atoms with Crippen molar-refractivity contribution in [1.29, 1.82) is 0 Å². The predicted octanol–water partition coefficient (Wildman–Crippen LogP) is 42.1. The lowest BCUT2D eigenvalue weighted by Gasteiger charge is -2.20. The normalized spacial score (nSPS) is 12.2. The number of rotatable bonds is 102. The Balaban J connectivity index is 0. The zero-order valence-electron chi connectivity index (χ0n) is 82.7. The van der Waals surface area contributed by atoms with Crippen LogP contribution in [0.5, 0.6) is 0 Å². The molecule has 0 radical (unpaired) electrons. The van der Waals surface area contributed by atoms with E-state index in [2.05, 4.69) is 41.5 Å². The van der Waals surface area contributed by atoms with Crippen molar-refractivity contribution < 1.29 is 26.1 Å². The molecule has 119 heavy (non-hydrogen) atoms. The summed E-state index contributed by atoms with van der Waals surface area (Å²) in [5.74, 6) is 0. The van der Waals surface area contributed by atoms with E-state index in [1.807, 2.05) is 0 Å². The molecule has 0 heterocycles. The van der Waals surface area contributed by atoms with Crippen molar-refractivity contribution in [3.8, 4) is 0 Å². The molecule has 0 amide bonds. The molecule has 0 aliphatic carbocycles. The van der Waals surface area contributed by atoms with E-state index in [1.165, 1.54) is 616 Å². The Hall–Kier alpha value is 0.270. The second-order valence-electron chi connectivity index (χ2n) is 39.3. The molecule has 0 aliphatic heterocycles. The summed E-state index contributed by atoms with van der Waals surface area (Å²) in [6.07, 6.45) is 151. The molecular weight excluding hydrogens is 1520 g/mol. The van der Waals surface area contributed by atoms with Gasteiger partial charge in [-0.2, -0.15) is 17.3 Å². The molecule has 0 rings (SSSR count). The molecule has 0 aromatic heterocycles. The highest BCUT2D eigenvalue weighted by Crippen LogP contribution is 2.57. The van der Waals surface area contributed by atoms with Gasteiger partial charge in [0.15, 0.2) is 10.1 Å². The number of nitrogens with zero attached hydrogens (tertiary/aromatic N) is 1. The largest absolute Gasteiger partial charge is 0.741 e. The van der Waals surface area contributed by atoms with E-state index in [0.717, 1.165) is 0 Å². The van der Waals surface area contributed by atoms with E-state index in [-0.39, 0.29) is 0 Å². The molecule has 0 saturated heterocycles. The third-order valence-electron chi connectivity index (χ3n) is 27.2. The number of alkyl halides is 3. The first-order valence-electron chi connectivity index (χ1n) is 55.8. The molecular formula is C109H222F3NO3P2S. The van der Waals surface area contributed by atoms with Gasteiger partial charge in [0.25, 0.3) is 0 Å². The molecule has 718 valence electrons. The van der Waals surface area contributed by atoms with Gasteiger partial charge in [-0.25, -0.2) is 8.42 Å². The molecule has 0 unspecified atom stereocenters. The van der Waals surface area contributed by atoms with Crippen molar-refractivity contribution in [1.82, 2.24) is 4.17 Å². The smallest absolute Gasteiger partial charge is 0.485 e. The van der Waals surface area contributed by atoms with Crippen LogP contribution < -0.4 is 4.17 Å². The summed E-state index contributed by atoms with van der Waals surface area (Å²) in [6.45, 7) is 14.1. The van der Waals surface area contributed by atoms with Crippen LogP contribution in [0.3, 0.4) is 0 Å². The summed E-state index contributed by atoms with van der Waals surface area (Å²) in [4.78, 5) is 0. The Morgan fingerprint density at radius 2 is 0.235 bits per heavy atom. The minimum atomic E-state index is -6.09. The quantitative estimate of drug-likeness (QED) is 0.0200.